The molecule has 0 radical (unpaired) electrons. The van der Waals surface area contributed by atoms with Gasteiger partial charge in [0.1, 0.15) is 0 Å². The molecule has 0 unspecified atom stereocenters. The average molecular weight is 239 g/mol. The molecule has 0 atom stereocenters. The summed E-state index contributed by atoms with van der Waals surface area (Å²) in [5, 5.41) is 0. The zero-order valence-corrected chi connectivity index (χ0v) is 10.7. The van der Waals surface area contributed by atoms with E-state index >= 15 is 0 Å². The van der Waals surface area contributed by atoms with Crippen molar-refractivity contribution in [3.63, 3.8) is 0 Å². The molecule has 2 aliphatic rings. The summed E-state index contributed by atoms with van der Waals surface area (Å²) in [5.74, 6) is 0. The van der Waals surface area contributed by atoms with Gasteiger partial charge in [0.2, 0.25) is 0 Å². The van der Waals surface area contributed by atoms with Gasteiger partial charge in [0, 0.05) is 25.7 Å². The van der Waals surface area contributed by atoms with Crippen molar-refractivity contribution in [2.45, 2.75) is 51.0 Å². The molecule has 0 spiro atoms. The molecule has 1 saturated carbocycles. The standard InChI is InChI=1S/C13H25N3O/c14-8-5-11-16(12-6-1-2-7-12)13(17)15-9-3-4-10-15/h12H,1-11,14H2. The second-order valence-corrected chi connectivity index (χ2v) is 5.25. The topological polar surface area (TPSA) is 49.6 Å². The maximum absolute atomic E-state index is 12.4. The van der Waals surface area contributed by atoms with E-state index in [9.17, 15) is 4.79 Å². The Hall–Kier alpha value is -0.770. The van der Waals surface area contributed by atoms with Gasteiger partial charge >= 0.3 is 6.03 Å². The fourth-order valence-corrected chi connectivity index (χ4v) is 3.00. The van der Waals surface area contributed by atoms with Crippen LogP contribution in [0.4, 0.5) is 4.79 Å². The lowest BCUT2D eigenvalue weighted by atomic mass is 10.2. The lowest BCUT2D eigenvalue weighted by Gasteiger charge is -2.32. The van der Waals surface area contributed by atoms with Crippen LogP contribution in [0.25, 0.3) is 0 Å². The second-order valence-electron chi connectivity index (χ2n) is 5.25. The number of likely N-dealkylation sites (tertiary alicyclic amines) is 1. The highest BCUT2D eigenvalue weighted by atomic mass is 16.2. The molecule has 0 aromatic heterocycles. The van der Waals surface area contributed by atoms with E-state index in [0.29, 0.717) is 12.6 Å². The van der Waals surface area contributed by atoms with Gasteiger partial charge in [-0.3, -0.25) is 0 Å². The van der Waals surface area contributed by atoms with Crippen LogP contribution in [-0.4, -0.2) is 48.1 Å². The molecule has 2 N–H and O–H groups in total. The van der Waals surface area contributed by atoms with E-state index in [1.54, 1.807) is 0 Å². The predicted molar refractivity (Wildman–Crippen MR) is 68.8 cm³/mol. The average Bonchev–Trinajstić information content (AvgIpc) is 3.02. The molecular formula is C13H25N3O. The van der Waals surface area contributed by atoms with Crippen molar-refractivity contribution in [3.8, 4) is 0 Å². The summed E-state index contributed by atoms with van der Waals surface area (Å²) in [6.07, 6.45) is 8.18. The van der Waals surface area contributed by atoms with E-state index in [2.05, 4.69) is 4.90 Å². The van der Waals surface area contributed by atoms with Gasteiger partial charge in [-0.1, -0.05) is 12.8 Å². The monoisotopic (exact) mass is 239 g/mol. The van der Waals surface area contributed by atoms with Gasteiger partial charge in [-0.25, -0.2) is 4.79 Å². The third-order valence-corrected chi connectivity index (χ3v) is 3.99. The number of urea groups is 1. The summed E-state index contributed by atoms with van der Waals surface area (Å²) in [6.45, 7) is 3.42. The van der Waals surface area contributed by atoms with E-state index in [-0.39, 0.29) is 6.03 Å². The third kappa shape index (κ3) is 3.12. The Labute approximate surface area is 104 Å². The summed E-state index contributed by atoms with van der Waals surface area (Å²) in [7, 11) is 0. The summed E-state index contributed by atoms with van der Waals surface area (Å²) in [6, 6.07) is 0.748. The molecular weight excluding hydrogens is 214 g/mol. The molecule has 1 heterocycles. The molecule has 0 aromatic carbocycles. The first-order valence-electron chi connectivity index (χ1n) is 7.08. The van der Waals surface area contributed by atoms with E-state index < -0.39 is 0 Å². The number of carbonyl (C=O) groups is 1. The summed E-state index contributed by atoms with van der Waals surface area (Å²) in [4.78, 5) is 16.6. The van der Waals surface area contributed by atoms with Gasteiger partial charge in [0.15, 0.2) is 0 Å². The van der Waals surface area contributed by atoms with Crippen LogP contribution in [0.5, 0.6) is 0 Å². The van der Waals surface area contributed by atoms with Crippen molar-refractivity contribution in [1.82, 2.24) is 9.80 Å². The fourth-order valence-electron chi connectivity index (χ4n) is 3.00. The third-order valence-electron chi connectivity index (χ3n) is 3.99. The van der Waals surface area contributed by atoms with Gasteiger partial charge in [0.25, 0.3) is 0 Å². The van der Waals surface area contributed by atoms with Crippen molar-refractivity contribution in [1.29, 1.82) is 0 Å². The number of rotatable bonds is 4. The van der Waals surface area contributed by atoms with E-state index in [1.807, 2.05) is 4.90 Å². The highest BCUT2D eigenvalue weighted by molar-refractivity contribution is 5.75. The van der Waals surface area contributed by atoms with Crippen LogP contribution in [0.1, 0.15) is 44.9 Å². The van der Waals surface area contributed by atoms with Gasteiger partial charge < -0.3 is 15.5 Å². The van der Waals surface area contributed by atoms with Crippen molar-refractivity contribution in [2.24, 2.45) is 5.73 Å². The SMILES string of the molecule is NCCCN(C(=O)N1CCCC1)C1CCCC1. The van der Waals surface area contributed by atoms with Crippen molar-refractivity contribution in [2.75, 3.05) is 26.2 Å². The zero-order chi connectivity index (χ0) is 12.1. The first-order valence-corrected chi connectivity index (χ1v) is 7.08. The van der Waals surface area contributed by atoms with Crippen molar-refractivity contribution < 1.29 is 4.79 Å². The van der Waals surface area contributed by atoms with Gasteiger partial charge in [-0.05, 0) is 38.6 Å². The van der Waals surface area contributed by atoms with E-state index in [4.69, 9.17) is 5.73 Å². The van der Waals surface area contributed by atoms with Crippen LogP contribution in [0.15, 0.2) is 0 Å². The number of hydrogen-bond acceptors (Lipinski definition) is 2. The first-order chi connectivity index (χ1) is 8.33. The number of amides is 2. The molecule has 17 heavy (non-hydrogen) atoms. The van der Waals surface area contributed by atoms with Gasteiger partial charge in [-0.15, -0.1) is 0 Å². The Kier molecular flexibility index (Phi) is 4.66. The summed E-state index contributed by atoms with van der Waals surface area (Å²) in [5.41, 5.74) is 5.58. The molecule has 2 fully saturated rings. The molecule has 1 aliphatic heterocycles. The molecule has 2 amide bonds. The fraction of sp³-hybridized carbons (Fsp3) is 0.923. The number of hydrogen-bond donors (Lipinski definition) is 1. The lowest BCUT2D eigenvalue weighted by Crippen LogP contribution is -2.47. The highest BCUT2D eigenvalue weighted by Gasteiger charge is 2.30. The maximum atomic E-state index is 12.4. The number of nitrogens with two attached hydrogens (primary N) is 1. The van der Waals surface area contributed by atoms with Crippen LogP contribution in [-0.2, 0) is 0 Å². The molecule has 4 heteroatoms. The second kappa shape index (κ2) is 6.24. The van der Waals surface area contributed by atoms with Crippen LogP contribution >= 0.6 is 0 Å². The maximum Gasteiger partial charge on any atom is 0.320 e. The minimum atomic E-state index is 0.267. The molecule has 0 aromatic rings. The normalized spacial score (nSPS) is 21.1. The molecule has 4 nitrogen and oxygen atoms in total. The van der Waals surface area contributed by atoms with Gasteiger partial charge in [-0.2, -0.15) is 0 Å². The molecule has 0 bridgehead atoms. The largest absolute Gasteiger partial charge is 0.330 e. The van der Waals surface area contributed by atoms with Crippen molar-refractivity contribution >= 4 is 6.03 Å². The smallest absolute Gasteiger partial charge is 0.320 e. The highest BCUT2D eigenvalue weighted by Crippen LogP contribution is 2.25. The van der Waals surface area contributed by atoms with Crippen LogP contribution in [0, 0.1) is 0 Å². The minimum Gasteiger partial charge on any atom is -0.330 e. The Morgan fingerprint density at radius 3 is 2.41 bits per heavy atom. The molecule has 1 saturated heterocycles. The predicted octanol–water partition coefficient (Wildman–Crippen LogP) is 1.80. The molecule has 2 rings (SSSR count). The van der Waals surface area contributed by atoms with Crippen molar-refractivity contribution in [3.05, 3.63) is 0 Å². The van der Waals surface area contributed by atoms with Gasteiger partial charge in [0.05, 0.1) is 0 Å². The van der Waals surface area contributed by atoms with Crippen LogP contribution < -0.4 is 5.73 Å². The Morgan fingerprint density at radius 2 is 1.82 bits per heavy atom. The summed E-state index contributed by atoms with van der Waals surface area (Å²) >= 11 is 0. The van der Waals surface area contributed by atoms with E-state index in [1.165, 1.54) is 38.5 Å². The van der Waals surface area contributed by atoms with Crippen LogP contribution in [0.3, 0.4) is 0 Å². The quantitative estimate of drug-likeness (QED) is 0.813. The first kappa shape index (κ1) is 12.7. The zero-order valence-electron chi connectivity index (χ0n) is 10.7. The number of carbonyl (C=O) groups excluding carboxylic acids is 1. The molecule has 1 aliphatic carbocycles. The Morgan fingerprint density at radius 1 is 1.18 bits per heavy atom. The Balaban J connectivity index is 1.94. The minimum absolute atomic E-state index is 0.267. The van der Waals surface area contributed by atoms with Crippen LogP contribution in [0.2, 0.25) is 0 Å². The molecule has 98 valence electrons. The van der Waals surface area contributed by atoms with E-state index in [0.717, 1.165) is 26.1 Å². The lowest BCUT2D eigenvalue weighted by molar-refractivity contribution is 0.141. The summed E-state index contributed by atoms with van der Waals surface area (Å²) < 4.78 is 0. The number of nitrogens with zero attached hydrogens (tertiary/aromatic N) is 2. The Bertz CT molecular complexity index is 245.